The summed E-state index contributed by atoms with van der Waals surface area (Å²) in [5.41, 5.74) is 0.707. The van der Waals surface area contributed by atoms with Crippen molar-refractivity contribution in [2.45, 2.75) is 32.6 Å². The maximum atomic E-state index is 12.3. The number of hydrogen-bond acceptors (Lipinski definition) is 4. The first-order chi connectivity index (χ1) is 11.9. The average Bonchev–Trinajstić information content (AvgIpc) is 2.62. The number of carbonyl (C=O) groups excluding carboxylic acids is 3. The third-order valence-electron chi connectivity index (χ3n) is 4.30. The predicted octanol–water partition coefficient (Wildman–Crippen LogP) is 2.88. The number of esters is 1. The summed E-state index contributed by atoms with van der Waals surface area (Å²) >= 11 is 6.21. The van der Waals surface area contributed by atoms with E-state index in [1.807, 2.05) is 4.90 Å². The first-order valence-corrected chi connectivity index (χ1v) is 8.75. The zero-order chi connectivity index (χ0) is 18.4. The third-order valence-corrected chi connectivity index (χ3v) is 4.62. The molecule has 6 nitrogen and oxygen atoms in total. The van der Waals surface area contributed by atoms with E-state index in [9.17, 15) is 14.4 Å². The molecular formula is C18H23ClN2O4. The van der Waals surface area contributed by atoms with E-state index in [-0.39, 0.29) is 24.8 Å². The fourth-order valence-corrected chi connectivity index (χ4v) is 3.14. The second-order valence-corrected chi connectivity index (χ2v) is 6.43. The van der Waals surface area contributed by atoms with Crippen LogP contribution in [0, 0.1) is 0 Å². The number of anilines is 1. The molecule has 0 atom stereocenters. The van der Waals surface area contributed by atoms with Gasteiger partial charge in [-0.1, -0.05) is 11.6 Å². The van der Waals surface area contributed by atoms with Gasteiger partial charge in [0.25, 0.3) is 0 Å². The summed E-state index contributed by atoms with van der Waals surface area (Å²) in [7, 11) is 1.29. The molecule has 25 heavy (non-hydrogen) atoms. The first kappa shape index (κ1) is 19.2. The highest BCUT2D eigenvalue weighted by Crippen LogP contribution is 2.28. The van der Waals surface area contributed by atoms with Crippen molar-refractivity contribution in [1.29, 1.82) is 0 Å². The van der Waals surface area contributed by atoms with E-state index in [0.29, 0.717) is 16.3 Å². The summed E-state index contributed by atoms with van der Waals surface area (Å²) in [6.07, 6.45) is 3.42. The van der Waals surface area contributed by atoms with E-state index in [4.69, 9.17) is 16.3 Å². The zero-order valence-corrected chi connectivity index (χ0v) is 15.3. The van der Waals surface area contributed by atoms with E-state index < -0.39 is 5.97 Å². The number of piperidine rings is 1. The Kier molecular flexibility index (Phi) is 6.82. The van der Waals surface area contributed by atoms with Gasteiger partial charge in [-0.25, -0.2) is 4.79 Å². The van der Waals surface area contributed by atoms with Crippen LogP contribution in [0.15, 0.2) is 18.2 Å². The molecule has 0 spiro atoms. The zero-order valence-electron chi connectivity index (χ0n) is 14.6. The first-order valence-electron chi connectivity index (χ1n) is 8.37. The molecule has 0 unspecified atom stereocenters. The Hall–Kier alpha value is -2.08. The second kappa shape index (κ2) is 8.85. The molecule has 1 saturated heterocycles. The Morgan fingerprint density at radius 3 is 2.48 bits per heavy atom. The van der Waals surface area contributed by atoms with Crippen molar-refractivity contribution in [1.82, 2.24) is 4.90 Å². The molecule has 0 aliphatic carbocycles. The number of likely N-dealkylation sites (tertiary alicyclic amines) is 1. The summed E-state index contributed by atoms with van der Waals surface area (Å²) < 4.78 is 4.70. The van der Waals surface area contributed by atoms with Crippen LogP contribution in [0.25, 0.3) is 0 Å². The lowest BCUT2D eigenvalue weighted by molar-refractivity contribution is -0.131. The molecule has 0 N–H and O–H groups in total. The van der Waals surface area contributed by atoms with Gasteiger partial charge in [-0.2, -0.15) is 0 Å². The van der Waals surface area contributed by atoms with Crippen molar-refractivity contribution in [2.24, 2.45) is 0 Å². The largest absolute Gasteiger partial charge is 0.465 e. The number of ether oxygens (including phenoxy) is 1. The highest BCUT2D eigenvalue weighted by molar-refractivity contribution is 6.34. The van der Waals surface area contributed by atoms with Gasteiger partial charge >= 0.3 is 5.97 Å². The Bertz CT molecular complexity index is 656. The van der Waals surface area contributed by atoms with E-state index in [1.54, 1.807) is 6.07 Å². The Morgan fingerprint density at radius 1 is 1.20 bits per heavy atom. The molecule has 0 saturated carbocycles. The minimum Gasteiger partial charge on any atom is -0.465 e. The monoisotopic (exact) mass is 366 g/mol. The maximum Gasteiger partial charge on any atom is 0.337 e. The van der Waals surface area contributed by atoms with Gasteiger partial charge in [-0.05, 0) is 37.5 Å². The van der Waals surface area contributed by atoms with Crippen LogP contribution in [0.3, 0.4) is 0 Å². The molecule has 1 heterocycles. The molecule has 1 fully saturated rings. The molecule has 7 heteroatoms. The molecular weight excluding hydrogens is 344 g/mol. The van der Waals surface area contributed by atoms with Crippen LogP contribution in [-0.2, 0) is 14.3 Å². The van der Waals surface area contributed by atoms with Gasteiger partial charge in [0, 0.05) is 33.0 Å². The van der Waals surface area contributed by atoms with Crippen LogP contribution in [0.2, 0.25) is 5.02 Å². The third kappa shape index (κ3) is 4.95. The van der Waals surface area contributed by atoms with Crippen LogP contribution in [0.5, 0.6) is 0 Å². The quantitative estimate of drug-likeness (QED) is 0.751. The number of amides is 2. The molecule has 1 aliphatic rings. The van der Waals surface area contributed by atoms with E-state index >= 15 is 0 Å². The number of methoxy groups -OCH3 is 1. The van der Waals surface area contributed by atoms with Gasteiger partial charge in [0.2, 0.25) is 11.8 Å². The topological polar surface area (TPSA) is 66.9 Å². The summed E-state index contributed by atoms with van der Waals surface area (Å²) in [6.45, 7) is 3.18. The minimum absolute atomic E-state index is 0.0335. The lowest BCUT2D eigenvalue weighted by Crippen LogP contribution is -2.39. The van der Waals surface area contributed by atoms with Crippen LogP contribution in [0.4, 0.5) is 5.69 Å². The number of hydrogen-bond donors (Lipinski definition) is 0. The molecule has 0 bridgehead atoms. The average molecular weight is 367 g/mol. The minimum atomic E-state index is -0.509. The summed E-state index contributed by atoms with van der Waals surface area (Å²) in [5, 5.41) is 0.341. The standard InChI is InChI=1S/C18H23ClN2O4/c1-13(22)21(11-8-17(23)20-9-4-3-5-10-20)16-12-14(18(24)25-2)6-7-15(16)19/h6-7,12H,3-5,8-11H2,1-2H3. The molecule has 0 radical (unpaired) electrons. The van der Waals surface area contributed by atoms with Crippen molar-refractivity contribution < 1.29 is 19.1 Å². The molecule has 136 valence electrons. The maximum absolute atomic E-state index is 12.3. The van der Waals surface area contributed by atoms with E-state index in [2.05, 4.69) is 0 Å². The smallest absolute Gasteiger partial charge is 0.337 e. The molecule has 1 aromatic rings. The fraction of sp³-hybridized carbons (Fsp3) is 0.500. The van der Waals surface area contributed by atoms with Crippen molar-refractivity contribution in [3.05, 3.63) is 28.8 Å². The molecule has 2 rings (SSSR count). The summed E-state index contributed by atoms with van der Waals surface area (Å²) in [6, 6.07) is 4.60. The van der Waals surface area contributed by atoms with Gasteiger partial charge in [0.05, 0.1) is 23.4 Å². The van der Waals surface area contributed by atoms with Crippen LogP contribution in [0.1, 0.15) is 43.0 Å². The Labute approximate surface area is 152 Å². The lowest BCUT2D eigenvalue weighted by atomic mass is 10.1. The predicted molar refractivity (Wildman–Crippen MR) is 95.9 cm³/mol. The molecule has 1 aromatic carbocycles. The van der Waals surface area contributed by atoms with Crippen LogP contribution < -0.4 is 4.90 Å². The number of benzene rings is 1. The van der Waals surface area contributed by atoms with Gasteiger partial charge in [0.15, 0.2) is 0 Å². The SMILES string of the molecule is COC(=O)c1ccc(Cl)c(N(CCC(=O)N2CCCCC2)C(C)=O)c1. The second-order valence-electron chi connectivity index (χ2n) is 6.02. The molecule has 0 aromatic heterocycles. The van der Waals surface area contributed by atoms with Crippen molar-refractivity contribution >= 4 is 35.1 Å². The lowest BCUT2D eigenvalue weighted by Gasteiger charge is -2.28. The van der Waals surface area contributed by atoms with Gasteiger partial charge in [-0.3, -0.25) is 9.59 Å². The van der Waals surface area contributed by atoms with E-state index in [1.165, 1.54) is 31.1 Å². The van der Waals surface area contributed by atoms with Crippen molar-refractivity contribution in [3.63, 3.8) is 0 Å². The summed E-state index contributed by atoms with van der Waals surface area (Å²) in [4.78, 5) is 39.4. The highest BCUT2D eigenvalue weighted by atomic mass is 35.5. The number of nitrogens with zero attached hydrogens (tertiary/aromatic N) is 2. The van der Waals surface area contributed by atoms with Gasteiger partial charge < -0.3 is 14.5 Å². The fourth-order valence-electron chi connectivity index (χ4n) is 2.92. The van der Waals surface area contributed by atoms with Crippen molar-refractivity contribution in [2.75, 3.05) is 31.6 Å². The van der Waals surface area contributed by atoms with E-state index in [0.717, 1.165) is 32.4 Å². The van der Waals surface area contributed by atoms with Crippen molar-refractivity contribution in [3.8, 4) is 0 Å². The van der Waals surface area contributed by atoms with Gasteiger partial charge in [0.1, 0.15) is 0 Å². The Morgan fingerprint density at radius 2 is 1.88 bits per heavy atom. The highest BCUT2D eigenvalue weighted by Gasteiger charge is 2.21. The Balaban J connectivity index is 2.13. The molecule has 1 aliphatic heterocycles. The number of rotatable bonds is 5. The molecule has 2 amide bonds. The van der Waals surface area contributed by atoms with Crippen LogP contribution >= 0.6 is 11.6 Å². The van der Waals surface area contributed by atoms with Gasteiger partial charge in [-0.15, -0.1) is 0 Å². The summed E-state index contributed by atoms with van der Waals surface area (Å²) in [5.74, 6) is -0.715. The van der Waals surface area contributed by atoms with Crippen LogP contribution in [-0.4, -0.2) is 49.4 Å². The number of carbonyl (C=O) groups is 3. The number of halogens is 1. The normalized spacial score (nSPS) is 14.1.